The molecule has 2 aliphatic heterocycles. The number of anilines is 1. The minimum atomic E-state index is -0.502. The summed E-state index contributed by atoms with van der Waals surface area (Å²) in [6, 6.07) is 3.95. The molecule has 2 fully saturated rings. The summed E-state index contributed by atoms with van der Waals surface area (Å²) in [5.74, 6) is -0.0457. The molecule has 0 radical (unpaired) electrons. The summed E-state index contributed by atoms with van der Waals surface area (Å²) in [5.41, 5.74) is 1.57. The van der Waals surface area contributed by atoms with E-state index in [1.54, 1.807) is 34.8 Å². The molecule has 0 N–H and O–H groups in total. The number of carbonyl (C=O) groups is 1. The number of carbonyl (C=O) groups excluding carboxylic acids is 1. The Hall–Kier alpha value is -1.67. The summed E-state index contributed by atoms with van der Waals surface area (Å²) in [7, 11) is 0. The Kier molecular flexibility index (Phi) is 4.41. The van der Waals surface area contributed by atoms with Gasteiger partial charge in [-0.05, 0) is 22.4 Å². The molecule has 6 nitrogen and oxygen atoms in total. The number of ether oxygens (including phenoxy) is 2. The van der Waals surface area contributed by atoms with Crippen LogP contribution in [0.1, 0.15) is 5.56 Å². The van der Waals surface area contributed by atoms with Crippen LogP contribution in [0.2, 0.25) is 0 Å². The molecule has 0 aliphatic carbocycles. The highest BCUT2D eigenvalue weighted by molar-refractivity contribution is 7.07. The second-order valence-electron chi connectivity index (χ2n) is 6.33. The van der Waals surface area contributed by atoms with Gasteiger partial charge in [0.2, 0.25) is 0 Å². The quantitative estimate of drug-likeness (QED) is 0.849. The van der Waals surface area contributed by atoms with Crippen LogP contribution in [0.3, 0.4) is 0 Å². The number of amides is 1. The molecule has 1 spiro atoms. The lowest BCUT2D eigenvalue weighted by atomic mass is 10.0. The predicted molar refractivity (Wildman–Crippen MR) is 90.2 cm³/mol. The van der Waals surface area contributed by atoms with Crippen molar-refractivity contribution in [2.24, 2.45) is 0 Å². The third-order valence-electron chi connectivity index (χ3n) is 4.48. The van der Waals surface area contributed by atoms with Gasteiger partial charge in [-0.25, -0.2) is 0 Å². The molecule has 1 amide bonds. The van der Waals surface area contributed by atoms with E-state index in [-0.39, 0.29) is 12.5 Å². The van der Waals surface area contributed by atoms with Gasteiger partial charge in [-0.3, -0.25) is 9.69 Å². The van der Waals surface area contributed by atoms with Crippen molar-refractivity contribution >= 4 is 22.9 Å². The van der Waals surface area contributed by atoms with E-state index in [0.29, 0.717) is 19.8 Å². The van der Waals surface area contributed by atoms with Crippen molar-refractivity contribution in [2.75, 3.05) is 44.4 Å². The maximum Gasteiger partial charge on any atom is 0.253 e. The van der Waals surface area contributed by atoms with Crippen LogP contribution in [0.4, 0.5) is 5.69 Å². The molecule has 0 saturated carbocycles. The van der Waals surface area contributed by atoms with Crippen LogP contribution < -0.4 is 4.90 Å². The molecule has 2 aromatic heterocycles. The predicted octanol–water partition coefficient (Wildman–Crippen LogP) is 1.98. The van der Waals surface area contributed by atoms with Crippen LogP contribution in [0.5, 0.6) is 0 Å². The lowest BCUT2D eigenvalue weighted by Gasteiger charge is -2.42. The minimum absolute atomic E-state index is 0.0457. The second kappa shape index (κ2) is 6.68. The van der Waals surface area contributed by atoms with Crippen LogP contribution in [-0.2, 0) is 20.8 Å². The first-order valence-electron chi connectivity index (χ1n) is 8.02. The average molecular weight is 348 g/mol. The molecular weight excluding hydrogens is 328 g/mol. The maximum atomic E-state index is 12.2. The fraction of sp³-hybridized carbons (Fsp3) is 0.471. The van der Waals surface area contributed by atoms with Crippen LogP contribution >= 0.6 is 11.3 Å². The number of nitrogens with zero attached hydrogens (tertiary/aromatic N) is 2. The first-order valence-corrected chi connectivity index (χ1v) is 8.96. The SMILES string of the molecule is O=C1COC2(COCCN(Cc3ccsc3)C2)CN1c1ccoc1. The number of thiophene rings is 1. The highest BCUT2D eigenvalue weighted by Crippen LogP contribution is 2.28. The normalized spacial score (nSPS) is 26.0. The number of rotatable bonds is 3. The lowest BCUT2D eigenvalue weighted by molar-refractivity contribution is -0.146. The van der Waals surface area contributed by atoms with Gasteiger partial charge in [-0.2, -0.15) is 11.3 Å². The maximum absolute atomic E-state index is 12.2. The topological polar surface area (TPSA) is 55.2 Å². The van der Waals surface area contributed by atoms with E-state index in [1.807, 2.05) is 0 Å². The van der Waals surface area contributed by atoms with Crippen LogP contribution in [0, 0.1) is 0 Å². The largest absolute Gasteiger partial charge is 0.470 e. The fourth-order valence-corrected chi connectivity index (χ4v) is 3.96. The second-order valence-corrected chi connectivity index (χ2v) is 7.11. The zero-order valence-electron chi connectivity index (χ0n) is 13.3. The Balaban J connectivity index is 1.52. The molecule has 1 atom stereocenters. The van der Waals surface area contributed by atoms with E-state index in [2.05, 4.69) is 21.7 Å². The third kappa shape index (κ3) is 3.25. The molecule has 2 aliphatic rings. The molecule has 7 heteroatoms. The van der Waals surface area contributed by atoms with Gasteiger partial charge in [0, 0.05) is 25.7 Å². The van der Waals surface area contributed by atoms with Crippen molar-refractivity contribution in [3.63, 3.8) is 0 Å². The Bertz CT molecular complexity index is 673. The monoisotopic (exact) mass is 348 g/mol. The number of furan rings is 1. The Morgan fingerprint density at radius 2 is 2.25 bits per heavy atom. The summed E-state index contributed by atoms with van der Waals surface area (Å²) in [6.45, 7) is 4.19. The van der Waals surface area contributed by atoms with Crippen molar-refractivity contribution in [3.05, 3.63) is 41.0 Å². The van der Waals surface area contributed by atoms with Crippen LogP contribution in [0.25, 0.3) is 0 Å². The average Bonchev–Trinajstić information content (AvgIpc) is 3.24. The van der Waals surface area contributed by atoms with E-state index in [4.69, 9.17) is 13.9 Å². The molecule has 0 aromatic carbocycles. The Morgan fingerprint density at radius 1 is 1.29 bits per heavy atom. The van der Waals surface area contributed by atoms with Gasteiger partial charge in [-0.1, -0.05) is 0 Å². The summed E-state index contributed by atoms with van der Waals surface area (Å²) < 4.78 is 16.9. The van der Waals surface area contributed by atoms with Crippen LogP contribution in [-0.4, -0.2) is 55.9 Å². The molecule has 2 aromatic rings. The summed E-state index contributed by atoms with van der Waals surface area (Å²) >= 11 is 1.71. The number of hydrogen-bond donors (Lipinski definition) is 0. The smallest absolute Gasteiger partial charge is 0.253 e. The number of hydrogen-bond acceptors (Lipinski definition) is 6. The van der Waals surface area contributed by atoms with Crippen molar-refractivity contribution in [1.82, 2.24) is 4.90 Å². The van der Waals surface area contributed by atoms with E-state index in [1.165, 1.54) is 5.56 Å². The van der Waals surface area contributed by atoms with E-state index in [9.17, 15) is 4.79 Å². The molecule has 2 saturated heterocycles. The highest BCUT2D eigenvalue weighted by atomic mass is 32.1. The van der Waals surface area contributed by atoms with Gasteiger partial charge in [0.05, 0.1) is 31.7 Å². The molecular formula is C17H20N2O4S. The van der Waals surface area contributed by atoms with E-state index < -0.39 is 5.60 Å². The molecule has 24 heavy (non-hydrogen) atoms. The van der Waals surface area contributed by atoms with Gasteiger partial charge in [0.25, 0.3) is 5.91 Å². The van der Waals surface area contributed by atoms with Gasteiger partial charge < -0.3 is 18.8 Å². The van der Waals surface area contributed by atoms with Crippen molar-refractivity contribution in [3.8, 4) is 0 Å². The minimum Gasteiger partial charge on any atom is -0.470 e. The zero-order chi connectivity index (χ0) is 16.4. The van der Waals surface area contributed by atoms with Gasteiger partial charge in [-0.15, -0.1) is 0 Å². The van der Waals surface area contributed by atoms with Crippen molar-refractivity contribution in [1.29, 1.82) is 0 Å². The van der Waals surface area contributed by atoms with Gasteiger partial charge >= 0.3 is 0 Å². The fourth-order valence-electron chi connectivity index (χ4n) is 3.30. The summed E-state index contributed by atoms with van der Waals surface area (Å²) in [4.78, 5) is 16.3. The van der Waals surface area contributed by atoms with Gasteiger partial charge in [0.15, 0.2) is 0 Å². The summed E-state index contributed by atoms with van der Waals surface area (Å²) in [6.07, 6.45) is 3.18. The first-order chi connectivity index (χ1) is 11.7. The highest BCUT2D eigenvalue weighted by Gasteiger charge is 2.43. The standard InChI is InChI=1S/C17H20N2O4S/c20-16-9-23-17(12-19(16)15-1-4-21-8-15)11-18(3-5-22-13-17)7-14-2-6-24-10-14/h1-2,4,6,8,10H,3,5,7,9,11-13H2. The Morgan fingerprint density at radius 3 is 3.04 bits per heavy atom. The molecule has 128 valence electrons. The van der Waals surface area contributed by atoms with Crippen LogP contribution in [0.15, 0.2) is 39.8 Å². The number of morpholine rings is 1. The summed E-state index contributed by atoms with van der Waals surface area (Å²) in [5, 5.41) is 4.26. The lowest BCUT2D eigenvalue weighted by Crippen LogP contribution is -2.60. The van der Waals surface area contributed by atoms with Gasteiger partial charge in [0.1, 0.15) is 18.5 Å². The first kappa shape index (κ1) is 15.8. The van der Waals surface area contributed by atoms with Crippen molar-refractivity contribution in [2.45, 2.75) is 12.1 Å². The van der Waals surface area contributed by atoms with E-state index in [0.717, 1.165) is 25.3 Å². The molecule has 4 rings (SSSR count). The van der Waals surface area contributed by atoms with Crippen molar-refractivity contribution < 1.29 is 18.7 Å². The molecule has 1 unspecified atom stereocenters. The third-order valence-corrected chi connectivity index (χ3v) is 5.21. The zero-order valence-corrected chi connectivity index (χ0v) is 14.2. The van der Waals surface area contributed by atoms with E-state index >= 15 is 0 Å². The Labute approximate surface area is 144 Å². The molecule has 0 bridgehead atoms. The molecule has 4 heterocycles.